The van der Waals surface area contributed by atoms with Gasteiger partial charge in [-0.25, -0.2) is 17.6 Å². The average molecular weight is 424 g/mol. The summed E-state index contributed by atoms with van der Waals surface area (Å²) in [6.45, 7) is -0.571. The van der Waals surface area contributed by atoms with Crippen LogP contribution in [0.1, 0.15) is 15.9 Å². The molecule has 156 valence electrons. The van der Waals surface area contributed by atoms with Gasteiger partial charge in [-0.2, -0.15) is 5.10 Å². The normalized spacial score (nSPS) is 10.7. The molecule has 0 atom stereocenters. The lowest BCUT2D eigenvalue weighted by atomic mass is 10.1. The maximum atomic E-state index is 13.8. The molecule has 0 spiro atoms. The summed E-state index contributed by atoms with van der Waals surface area (Å²) in [5, 5.41) is 17.3. The molecule has 3 rings (SSSR count). The number of rotatable bonds is 6. The van der Waals surface area contributed by atoms with Crippen molar-refractivity contribution >= 4 is 17.3 Å². The van der Waals surface area contributed by atoms with Gasteiger partial charge in [0.1, 0.15) is 5.82 Å². The Morgan fingerprint density at radius 3 is 2.60 bits per heavy atom. The number of nitro benzene ring substituents is 1. The second-order valence-corrected chi connectivity index (χ2v) is 5.97. The van der Waals surface area contributed by atoms with Gasteiger partial charge in [0.15, 0.2) is 23.2 Å². The Labute approximate surface area is 165 Å². The number of anilines is 1. The number of carbonyl (C=O) groups is 1. The van der Waals surface area contributed by atoms with Gasteiger partial charge >= 0.3 is 5.69 Å². The first-order chi connectivity index (χ1) is 14.2. The van der Waals surface area contributed by atoms with Crippen LogP contribution >= 0.6 is 0 Å². The molecule has 2 aromatic carbocycles. The summed E-state index contributed by atoms with van der Waals surface area (Å²) in [4.78, 5) is 22.7. The molecular formula is C18H12F4N4O4. The molecular weight excluding hydrogens is 412 g/mol. The molecule has 12 heteroatoms. The molecule has 0 radical (unpaired) electrons. The first-order valence-corrected chi connectivity index (χ1v) is 8.19. The molecule has 0 unspecified atom stereocenters. The summed E-state index contributed by atoms with van der Waals surface area (Å²) >= 11 is 0. The molecule has 0 aliphatic carbocycles. The Balaban J connectivity index is 1.78. The maximum absolute atomic E-state index is 13.8. The summed E-state index contributed by atoms with van der Waals surface area (Å²) < 4.78 is 59.7. The minimum absolute atomic E-state index is 0.0278. The number of benzene rings is 2. The van der Waals surface area contributed by atoms with Gasteiger partial charge in [-0.3, -0.25) is 19.6 Å². The van der Waals surface area contributed by atoms with Crippen molar-refractivity contribution in [2.24, 2.45) is 0 Å². The average Bonchev–Trinajstić information content (AvgIpc) is 3.15. The highest BCUT2D eigenvalue weighted by Crippen LogP contribution is 2.28. The molecule has 1 heterocycles. The molecule has 0 fully saturated rings. The Kier molecular flexibility index (Phi) is 5.67. The third-order valence-corrected chi connectivity index (χ3v) is 4.06. The lowest BCUT2D eigenvalue weighted by molar-refractivity contribution is -0.385. The Hall–Kier alpha value is -3.96. The van der Waals surface area contributed by atoms with E-state index in [4.69, 9.17) is 4.74 Å². The predicted octanol–water partition coefficient (Wildman–Crippen LogP) is 3.66. The zero-order chi connectivity index (χ0) is 22.0. The van der Waals surface area contributed by atoms with Crippen LogP contribution in [0.5, 0.6) is 5.75 Å². The first-order valence-electron chi connectivity index (χ1n) is 8.19. The van der Waals surface area contributed by atoms with Crippen LogP contribution in [0.15, 0.2) is 36.7 Å². The summed E-state index contributed by atoms with van der Waals surface area (Å²) in [5.74, 6) is -7.19. The monoisotopic (exact) mass is 424 g/mol. The zero-order valence-electron chi connectivity index (χ0n) is 15.2. The standard InChI is InChI=1S/C18H12F4N4O4/c1-30-15-3-2-9(4-14(15)26(28)29)18(27)24-10-6-23-25(7-10)8-11-12(19)5-13(20)17(22)16(11)21/h2-7H,8H2,1H3,(H,24,27). The van der Waals surface area contributed by atoms with E-state index in [1.165, 1.54) is 25.4 Å². The van der Waals surface area contributed by atoms with Crippen LogP contribution in [0.4, 0.5) is 28.9 Å². The van der Waals surface area contributed by atoms with Crippen molar-refractivity contribution in [1.29, 1.82) is 0 Å². The molecule has 8 nitrogen and oxygen atoms in total. The van der Waals surface area contributed by atoms with Crippen molar-refractivity contribution in [1.82, 2.24) is 9.78 Å². The number of nitrogens with one attached hydrogen (secondary N) is 1. The minimum atomic E-state index is -1.81. The quantitative estimate of drug-likeness (QED) is 0.214. The lowest BCUT2D eigenvalue weighted by Gasteiger charge is -2.07. The van der Waals surface area contributed by atoms with E-state index in [1.807, 2.05) is 0 Å². The fraction of sp³-hybridized carbons (Fsp3) is 0.111. The highest BCUT2D eigenvalue weighted by Gasteiger charge is 2.21. The van der Waals surface area contributed by atoms with E-state index in [-0.39, 0.29) is 23.1 Å². The van der Waals surface area contributed by atoms with Gasteiger partial charge in [0.2, 0.25) is 0 Å². The van der Waals surface area contributed by atoms with Crippen molar-refractivity contribution in [3.05, 3.63) is 81.2 Å². The molecule has 1 aromatic heterocycles. The summed E-state index contributed by atoms with van der Waals surface area (Å²) in [6, 6.07) is 3.80. The van der Waals surface area contributed by atoms with Gasteiger partial charge in [0, 0.05) is 29.5 Å². The topological polar surface area (TPSA) is 99.3 Å². The van der Waals surface area contributed by atoms with Gasteiger partial charge in [-0.05, 0) is 12.1 Å². The molecule has 3 aromatic rings. The van der Waals surface area contributed by atoms with Crippen LogP contribution in [0.2, 0.25) is 0 Å². The van der Waals surface area contributed by atoms with E-state index in [0.29, 0.717) is 0 Å². The molecule has 0 aliphatic rings. The van der Waals surface area contributed by atoms with Crippen molar-refractivity contribution < 1.29 is 32.0 Å². The number of hydrogen-bond donors (Lipinski definition) is 1. The van der Waals surface area contributed by atoms with Gasteiger partial charge < -0.3 is 10.1 Å². The van der Waals surface area contributed by atoms with Gasteiger partial charge in [0.25, 0.3) is 5.91 Å². The summed E-state index contributed by atoms with van der Waals surface area (Å²) in [7, 11) is 1.25. The number of methoxy groups -OCH3 is 1. The zero-order valence-corrected chi connectivity index (χ0v) is 15.2. The molecule has 0 aliphatic heterocycles. The number of aromatic nitrogens is 2. The molecule has 0 saturated carbocycles. The van der Waals surface area contributed by atoms with Crippen molar-refractivity contribution in [3.63, 3.8) is 0 Å². The van der Waals surface area contributed by atoms with Crippen LogP contribution in [0, 0.1) is 33.4 Å². The molecule has 0 bridgehead atoms. The maximum Gasteiger partial charge on any atom is 0.311 e. The number of halogens is 4. The molecule has 0 saturated heterocycles. The van der Waals surface area contributed by atoms with Crippen LogP contribution < -0.4 is 10.1 Å². The predicted molar refractivity (Wildman–Crippen MR) is 95.2 cm³/mol. The number of nitro groups is 1. The molecule has 1 amide bonds. The summed E-state index contributed by atoms with van der Waals surface area (Å²) in [6.07, 6.45) is 2.33. The molecule has 30 heavy (non-hydrogen) atoms. The highest BCUT2D eigenvalue weighted by atomic mass is 19.2. The highest BCUT2D eigenvalue weighted by molar-refractivity contribution is 6.04. The van der Waals surface area contributed by atoms with Gasteiger partial charge in [0.05, 0.1) is 30.5 Å². The van der Waals surface area contributed by atoms with Crippen molar-refractivity contribution in [2.75, 3.05) is 12.4 Å². The van der Waals surface area contributed by atoms with Crippen LogP contribution in [0.25, 0.3) is 0 Å². The van der Waals surface area contributed by atoms with Crippen molar-refractivity contribution in [2.45, 2.75) is 6.54 Å². The van der Waals surface area contributed by atoms with E-state index in [2.05, 4.69) is 10.4 Å². The fourth-order valence-electron chi connectivity index (χ4n) is 2.60. The van der Waals surface area contributed by atoms with E-state index in [9.17, 15) is 32.5 Å². The second kappa shape index (κ2) is 8.19. The Morgan fingerprint density at radius 2 is 1.93 bits per heavy atom. The lowest BCUT2D eigenvalue weighted by Crippen LogP contribution is -2.12. The van der Waals surface area contributed by atoms with Crippen LogP contribution in [-0.2, 0) is 6.54 Å². The second-order valence-electron chi connectivity index (χ2n) is 5.97. The number of ether oxygens (including phenoxy) is 1. The summed E-state index contributed by atoms with van der Waals surface area (Å²) in [5.41, 5.74) is -1.11. The SMILES string of the molecule is COc1ccc(C(=O)Nc2cnn(Cc3c(F)cc(F)c(F)c3F)c2)cc1[N+](=O)[O-]. The Morgan fingerprint density at radius 1 is 1.20 bits per heavy atom. The van der Waals surface area contributed by atoms with Crippen LogP contribution in [0.3, 0.4) is 0 Å². The number of nitrogens with zero attached hydrogens (tertiary/aromatic N) is 3. The van der Waals surface area contributed by atoms with Gasteiger partial charge in [-0.1, -0.05) is 0 Å². The third-order valence-electron chi connectivity index (χ3n) is 4.06. The van der Waals surface area contributed by atoms with Crippen LogP contribution in [-0.4, -0.2) is 27.7 Å². The van der Waals surface area contributed by atoms with Crippen molar-refractivity contribution in [3.8, 4) is 5.75 Å². The third kappa shape index (κ3) is 4.06. The number of hydrogen-bond acceptors (Lipinski definition) is 5. The van der Waals surface area contributed by atoms with E-state index < -0.39 is 51.9 Å². The fourth-order valence-corrected chi connectivity index (χ4v) is 2.60. The minimum Gasteiger partial charge on any atom is -0.490 e. The number of amides is 1. The van der Waals surface area contributed by atoms with E-state index in [0.717, 1.165) is 16.9 Å². The number of carbonyl (C=O) groups excluding carboxylic acids is 1. The van der Waals surface area contributed by atoms with E-state index in [1.54, 1.807) is 0 Å². The van der Waals surface area contributed by atoms with E-state index >= 15 is 0 Å². The smallest absolute Gasteiger partial charge is 0.311 e. The Bertz CT molecular complexity index is 1150. The molecule has 1 N–H and O–H groups in total. The van der Waals surface area contributed by atoms with Gasteiger partial charge in [-0.15, -0.1) is 0 Å². The largest absolute Gasteiger partial charge is 0.490 e. The first kappa shape index (κ1) is 20.8.